The normalized spacial score (nSPS) is 10.5. The van der Waals surface area contributed by atoms with E-state index in [0.29, 0.717) is 44.0 Å². The van der Waals surface area contributed by atoms with Crippen molar-refractivity contribution in [1.82, 2.24) is 30.0 Å². The number of aryl methyl sites for hydroxylation is 1. The van der Waals surface area contributed by atoms with Crippen molar-refractivity contribution in [3.05, 3.63) is 97.6 Å². The number of nitrogens with one attached hydrogen (secondary N) is 2. The van der Waals surface area contributed by atoms with Gasteiger partial charge in [0.15, 0.2) is 5.82 Å². The molecule has 0 aliphatic rings. The Morgan fingerprint density at radius 2 is 1.89 bits per heavy atom. The van der Waals surface area contributed by atoms with Gasteiger partial charge in [-0.1, -0.05) is 29.3 Å². The first kappa shape index (κ1) is 33.7. The lowest BCUT2D eigenvalue weighted by Crippen LogP contribution is -2.24. The van der Waals surface area contributed by atoms with Crippen LogP contribution >= 0.6 is 39.1 Å². The lowest BCUT2D eigenvalue weighted by molar-refractivity contribution is 0.0964. The average molecular weight is 696 g/mol. The molecule has 0 saturated carbocycles. The van der Waals surface area contributed by atoms with Gasteiger partial charge in [0.25, 0.3) is 11.8 Å². The lowest BCUT2D eigenvalue weighted by Gasteiger charge is -2.17. The van der Waals surface area contributed by atoms with E-state index in [9.17, 15) is 14.9 Å². The summed E-state index contributed by atoms with van der Waals surface area (Å²) in [6.07, 6.45) is 4.99. The molecule has 44 heavy (non-hydrogen) atoms. The Labute approximate surface area is 272 Å². The van der Waals surface area contributed by atoms with Crippen LogP contribution in [0.4, 0.5) is 5.69 Å². The summed E-state index contributed by atoms with van der Waals surface area (Å²) in [7, 11) is 3.34. The van der Waals surface area contributed by atoms with Crippen LogP contribution in [0.3, 0.4) is 0 Å². The molecule has 2 N–H and O–H groups in total. The smallest absolute Gasteiger partial charge is 0.274 e. The van der Waals surface area contributed by atoms with Crippen LogP contribution in [-0.4, -0.2) is 56.4 Å². The molecule has 0 radical (unpaired) electrons. The summed E-state index contributed by atoms with van der Waals surface area (Å²) in [5.74, 6) is 0.00591. The fourth-order valence-corrected chi connectivity index (χ4v) is 4.45. The van der Waals surface area contributed by atoms with Gasteiger partial charge >= 0.3 is 0 Å². The van der Waals surface area contributed by atoms with Crippen molar-refractivity contribution in [3.8, 4) is 18.1 Å². The monoisotopic (exact) mass is 694 g/mol. The van der Waals surface area contributed by atoms with E-state index in [1.807, 2.05) is 24.1 Å². The molecule has 12 nitrogen and oxygen atoms in total. The van der Waals surface area contributed by atoms with Gasteiger partial charge in [0, 0.05) is 39.1 Å². The van der Waals surface area contributed by atoms with Crippen LogP contribution < -0.4 is 10.6 Å². The summed E-state index contributed by atoms with van der Waals surface area (Å²) < 4.78 is 1.72. The Hall–Kier alpha value is -4.82. The summed E-state index contributed by atoms with van der Waals surface area (Å²) in [5.41, 5.74) is 2.53. The van der Waals surface area contributed by atoms with Crippen LogP contribution in [0.25, 0.3) is 5.82 Å². The van der Waals surface area contributed by atoms with Gasteiger partial charge < -0.3 is 15.5 Å². The number of amides is 2. The Kier molecular flexibility index (Phi) is 11.9. The maximum atomic E-state index is 13.0. The summed E-state index contributed by atoms with van der Waals surface area (Å²) in [4.78, 5) is 39.0. The molecular weight excluding hydrogens is 671 g/mol. The van der Waals surface area contributed by atoms with E-state index in [0.717, 1.165) is 5.56 Å². The predicted molar refractivity (Wildman–Crippen MR) is 171 cm³/mol. The van der Waals surface area contributed by atoms with E-state index >= 15 is 0 Å². The first-order valence-corrected chi connectivity index (χ1v) is 14.2. The zero-order valence-corrected chi connectivity index (χ0v) is 27.0. The fourth-order valence-electron chi connectivity index (χ4n) is 3.76. The highest BCUT2D eigenvalue weighted by Crippen LogP contribution is 2.26. The quantitative estimate of drug-likeness (QED) is 0.115. The maximum absolute atomic E-state index is 13.0. The molecule has 4 rings (SSSR count). The number of hydrogen-bond acceptors (Lipinski definition) is 8. The third-order valence-electron chi connectivity index (χ3n) is 6.00. The minimum atomic E-state index is -0.525. The number of rotatable bonds is 6. The van der Waals surface area contributed by atoms with Crippen molar-refractivity contribution in [2.75, 3.05) is 19.4 Å². The lowest BCUT2D eigenvalue weighted by atomic mass is 10.0. The number of carbonyl (C=O) groups excluding carboxylic acids is 2. The number of amidine groups is 1. The molecule has 0 bridgehead atoms. The Morgan fingerprint density at radius 3 is 2.50 bits per heavy atom. The van der Waals surface area contributed by atoms with Crippen molar-refractivity contribution in [2.45, 2.75) is 20.4 Å². The number of halogens is 3. The SMILES string of the molecule is CC(=NC#N)N(C)Cc1ccc(Cl)nc1.CNC(=O)c1cc(C#N)cc(C)c1NC(=O)c1cc(Br)nn1-c1ncccc1Cl. The van der Waals surface area contributed by atoms with E-state index < -0.39 is 11.8 Å². The van der Waals surface area contributed by atoms with Crippen LogP contribution in [0.1, 0.15) is 44.5 Å². The molecule has 4 aromatic rings. The Bertz CT molecular complexity index is 1790. The molecular formula is C29H25BrCl2N10O2. The molecule has 0 unspecified atom stereocenters. The third kappa shape index (κ3) is 8.61. The van der Waals surface area contributed by atoms with Gasteiger partial charge in [-0.3, -0.25) is 9.59 Å². The predicted octanol–water partition coefficient (Wildman–Crippen LogP) is 5.54. The van der Waals surface area contributed by atoms with Crippen LogP contribution in [-0.2, 0) is 6.54 Å². The molecule has 0 atom stereocenters. The highest BCUT2D eigenvalue weighted by Gasteiger charge is 2.22. The number of benzene rings is 1. The minimum absolute atomic E-state index is 0.157. The number of hydrogen-bond donors (Lipinski definition) is 2. The molecule has 224 valence electrons. The number of nitriles is 2. The largest absolute Gasteiger partial charge is 0.358 e. The topological polar surface area (TPSA) is 165 Å². The minimum Gasteiger partial charge on any atom is -0.358 e. The Balaban J connectivity index is 0.000000297. The van der Waals surface area contributed by atoms with Crippen LogP contribution in [0, 0.1) is 29.7 Å². The number of anilines is 1. The number of aromatic nitrogens is 4. The molecule has 3 aromatic heterocycles. The van der Waals surface area contributed by atoms with Gasteiger partial charge in [0.1, 0.15) is 21.3 Å². The average Bonchev–Trinajstić information content (AvgIpc) is 3.40. The van der Waals surface area contributed by atoms with Crippen molar-refractivity contribution < 1.29 is 9.59 Å². The second-order valence-corrected chi connectivity index (χ2v) is 10.6. The summed E-state index contributed by atoms with van der Waals surface area (Å²) in [6, 6.07) is 13.5. The van der Waals surface area contributed by atoms with Gasteiger partial charge in [-0.05, 0) is 71.2 Å². The van der Waals surface area contributed by atoms with Gasteiger partial charge in [-0.15, -0.1) is 0 Å². The first-order valence-electron chi connectivity index (χ1n) is 12.7. The fraction of sp³-hybridized carbons (Fsp3) is 0.172. The standard InChI is InChI=1S/C19H14BrClN6O2.C10H11ClN4/c1-10-6-11(9-22)7-12(18(28)23-2)16(10)25-19(29)14-8-15(20)26-27(14)17-13(21)4-3-5-24-17;1-8(14-7-12)15(2)6-9-3-4-10(11)13-5-9/h3-8H,1-2H3,(H,23,28)(H,25,29);3-5H,6H2,1-2H3. The van der Waals surface area contributed by atoms with Crippen molar-refractivity contribution >= 4 is 62.5 Å². The maximum Gasteiger partial charge on any atom is 0.274 e. The highest BCUT2D eigenvalue weighted by atomic mass is 79.9. The highest BCUT2D eigenvalue weighted by molar-refractivity contribution is 9.10. The van der Waals surface area contributed by atoms with Crippen molar-refractivity contribution in [1.29, 1.82) is 10.5 Å². The molecule has 0 spiro atoms. The molecule has 0 saturated heterocycles. The van der Waals surface area contributed by atoms with Crippen LogP contribution in [0.2, 0.25) is 10.2 Å². The Morgan fingerprint density at radius 1 is 1.14 bits per heavy atom. The van der Waals surface area contributed by atoms with Crippen LogP contribution in [0.5, 0.6) is 0 Å². The van der Waals surface area contributed by atoms with E-state index in [-0.39, 0.29) is 17.1 Å². The zero-order chi connectivity index (χ0) is 32.4. The van der Waals surface area contributed by atoms with Gasteiger partial charge in [-0.25, -0.2) is 14.6 Å². The molecule has 1 aromatic carbocycles. The second kappa shape index (κ2) is 15.6. The van der Waals surface area contributed by atoms with E-state index in [2.05, 4.69) is 46.6 Å². The summed E-state index contributed by atoms with van der Waals surface area (Å²) >= 11 is 15.1. The number of nitrogens with zero attached hydrogens (tertiary/aromatic N) is 8. The van der Waals surface area contributed by atoms with Crippen molar-refractivity contribution in [3.63, 3.8) is 0 Å². The molecule has 3 heterocycles. The van der Waals surface area contributed by atoms with Gasteiger partial charge in [0.2, 0.25) is 6.19 Å². The molecule has 0 fully saturated rings. The molecule has 15 heteroatoms. The van der Waals surface area contributed by atoms with E-state index in [1.54, 1.807) is 50.5 Å². The number of aliphatic imine (C=N–C) groups is 1. The first-order chi connectivity index (χ1) is 21.0. The molecule has 0 aliphatic heterocycles. The second-order valence-electron chi connectivity index (χ2n) is 9.04. The zero-order valence-electron chi connectivity index (χ0n) is 23.9. The van der Waals surface area contributed by atoms with E-state index in [1.165, 1.54) is 30.1 Å². The van der Waals surface area contributed by atoms with E-state index in [4.69, 9.17) is 28.5 Å². The molecule has 0 aliphatic carbocycles. The third-order valence-corrected chi connectivity index (χ3v) is 6.91. The van der Waals surface area contributed by atoms with Gasteiger partial charge in [-0.2, -0.15) is 20.6 Å². The summed E-state index contributed by atoms with van der Waals surface area (Å²) in [5, 5.41) is 27.8. The van der Waals surface area contributed by atoms with Gasteiger partial charge in [0.05, 0.1) is 27.9 Å². The number of pyridine rings is 2. The molecule has 2 amide bonds. The summed E-state index contributed by atoms with van der Waals surface area (Å²) in [6.45, 7) is 4.14. The van der Waals surface area contributed by atoms with Crippen molar-refractivity contribution in [2.24, 2.45) is 4.99 Å². The number of carbonyl (C=O) groups is 2. The van der Waals surface area contributed by atoms with Crippen LogP contribution in [0.15, 0.2) is 64.5 Å².